The summed E-state index contributed by atoms with van der Waals surface area (Å²) in [5.41, 5.74) is 2.97. The Morgan fingerprint density at radius 2 is 1.14 bits per heavy atom. The van der Waals surface area contributed by atoms with Gasteiger partial charge in [-0.05, 0) is 34.8 Å². The van der Waals surface area contributed by atoms with Gasteiger partial charge < -0.3 is 10.0 Å². The molecule has 0 amide bonds. The summed E-state index contributed by atoms with van der Waals surface area (Å²) in [6.07, 6.45) is 0. The minimum absolute atomic E-state index is 0.564. The Hall–Kier alpha value is -2.70. The molecule has 0 aliphatic rings. The highest BCUT2D eigenvalue weighted by Crippen LogP contribution is 2.44. The molecule has 2 heterocycles. The molecule has 0 atom stereocenters. The number of benzene rings is 4. The lowest BCUT2D eigenvalue weighted by Gasteiger charge is -2.08. The summed E-state index contributed by atoms with van der Waals surface area (Å²) in [5.74, 6) is 0. The van der Waals surface area contributed by atoms with Crippen LogP contribution in [0.3, 0.4) is 0 Å². The number of thiophene rings is 2. The lowest BCUT2D eigenvalue weighted by atomic mass is 9.79. The van der Waals surface area contributed by atoms with Crippen LogP contribution in [0.25, 0.3) is 51.5 Å². The van der Waals surface area contributed by atoms with E-state index in [-0.39, 0.29) is 0 Å². The molecule has 6 rings (SSSR count). The second kappa shape index (κ2) is 6.41. The monoisotopic (exact) mass is 410 g/mol. The van der Waals surface area contributed by atoms with Gasteiger partial charge in [0.25, 0.3) is 0 Å². The normalized spacial score (nSPS) is 11.8. The van der Waals surface area contributed by atoms with Gasteiger partial charge in [0.15, 0.2) is 0 Å². The zero-order valence-corrected chi connectivity index (χ0v) is 16.9. The molecular weight excluding hydrogens is 395 g/mol. The summed E-state index contributed by atoms with van der Waals surface area (Å²) in [7, 11) is -1.47. The van der Waals surface area contributed by atoms with Crippen LogP contribution in [0.15, 0.2) is 78.9 Å². The first-order valence-electron chi connectivity index (χ1n) is 9.43. The van der Waals surface area contributed by atoms with Gasteiger partial charge in [0.05, 0.1) is 0 Å². The second-order valence-electron chi connectivity index (χ2n) is 7.16. The van der Waals surface area contributed by atoms with Gasteiger partial charge in [0.1, 0.15) is 0 Å². The van der Waals surface area contributed by atoms with Crippen LogP contribution in [0.4, 0.5) is 0 Å². The van der Waals surface area contributed by atoms with E-state index >= 15 is 0 Å². The van der Waals surface area contributed by atoms with Crippen molar-refractivity contribution in [3.05, 3.63) is 78.9 Å². The number of fused-ring (bicyclic) bond motifs is 6. The molecular formula is C24H15BO2S2. The van der Waals surface area contributed by atoms with Crippen molar-refractivity contribution < 1.29 is 10.0 Å². The molecule has 2 N–H and O–H groups in total. The molecule has 0 saturated heterocycles. The molecule has 0 saturated carbocycles. The second-order valence-corrected chi connectivity index (χ2v) is 9.29. The molecule has 0 radical (unpaired) electrons. The van der Waals surface area contributed by atoms with Gasteiger partial charge in [-0.2, -0.15) is 0 Å². The van der Waals surface area contributed by atoms with Crippen molar-refractivity contribution in [2.24, 2.45) is 0 Å². The lowest BCUT2D eigenvalue weighted by molar-refractivity contribution is 0.426. The largest absolute Gasteiger partial charge is 0.489 e. The van der Waals surface area contributed by atoms with E-state index in [9.17, 15) is 10.0 Å². The maximum Gasteiger partial charge on any atom is 0.489 e. The molecule has 0 bridgehead atoms. The molecule has 0 aliphatic carbocycles. The predicted octanol–water partition coefficient (Wildman–Crippen LogP) is 5.77. The standard InChI is InChI=1S/C24H15BO2S2/c26-25(27)18-10-3-9-17-23-15(8-5-13-21(23)29-24(17)18)14-7-4-12-20-22(14)16-6-1-2-11-19(16)28-20/h1-13,26-27H. The van der Waals surface area contributed by atoms with Crippen molar-refractivity contribution >= 4 is 75.6 Å². The quantitative estimate of drug-likeness (QED) is 0.356. The Morgan fingerprint density at radius 3 is 1.90 bits per heavy atom. The molecule has 5 heteroatoms. The van der Waals surface area contributed by atoms with E-state index < -0.39 is 7.12 Å². The zero-order valence-electron chi connectivity index (χ0n) is 15.3. The van der Waals surface area contributed by atoms with E-state index in [0.29, 0.717) is 5.46 Å². The number of hydrogen-bond acceptors (Lipinski definition) is 4. The average Bonchev–Trinajstić information content (AvgIpc) is 3.31. The first-order chi connectivity index (χ1) is 14.2. The molecule has 4 aromatic carbocycles. The third kappa shape index (κ3) is 2.49. The summed E-state index contributed by atoms with van der Waals surface area (Å²) < 4.78 is 4.67. The van der Waals surface area contributed by atoms with Gasteiger partial charge in [-0.25, -0.2) is 0 Å². The Balaban J connectivity index is 1.77. The Labute approximate surface area is 175 Å². The summed E-state index contributed by atoms with van der Waals surface area (Å²) in [4.78, 5) is 0. The molecule has 29 heavy (non-hydrogen) atoms. The maximum absolute atomic E-state index is 9.83. The van der Waals surface area contributed by atoms with Gasteiger partial charge in [-0.15, -0.1) is 22.7 Å². The molecule has 0 unspecified atom stereocenters. The predicted molar refractivity (Wildman–Crippen MR) is 127 cm³/mol. The Morgan fingerprint density at radius 1 is 0.552 bits per heavy atom. The van der Waals surface area contributed by atoms with E-state index in [1.165, 1.54) is 36.7 Å². The zero-order chi connectivity index (χ0) is 19.5. The van der Waals surface area contributed by atoms with E-state index in [1.54, 1.807) is 17.4 Å². The summed E-state index contributed by atoms with van der Waals surface area (Å²) >= 11 is 3.44. The molecule has 2 aromatic heterocycles. The van der Waals surface area contributed by atoms with Crippen molar-refractivity contribution in [3.8, 4) is 11.1 Å². The van der Waals surface area contributed by atoms with Crippen molar-refractivity contribution in [2.75, 3.05) is 0 Å². The molecule has 138 valence electrons. The first-order valence-corrected chi connectivity index (χ1v) is 11.1. The van der Waals surface area contributed by atoms with Gasteiger partial charge in [0, 0.05) is 40.3 Å². The fourth-order valence-corrected chi connectivity index (χ4v) is 6.69. The first kappa shape index (κ1) is 17.2. The van der Waals surface area contributed by atoms with Gasteiger partial charge in [0.2, 0.25) is 0 Å². The summed E-state index contributed by atoms with van der Waals surface area (Å²) in [6, 6.07) is 27.2. The van der Waals surface area contributed by atoms with Crippen LogP contribution < -0.4 is 5.46 Å². The van der Waals surface area contributed by atoms with Crippen LogP contribution in [0.1, 0.15) is 0 Å². The highest BCUT2D eigenvalue weighted by molar-refractivity contribution is 7.27. The van der Waals surface area contributed by atoms with Crippen LogP contribution in [0.2, 0.25) is 0 Å². The Bertz CT molecular complexity index is 1550. The minimum Gasteiger partial charge on any atom is -0.423 e. The number of hydrogen-bond donors (Lipinski definition) is 2. The van der Waals surface area contributed by atoms with E-state index in [1.807, 2.05) is 17.4 Å². The molecule has 0 fully saturated rings. The molecule has 0 aliphatic heterocycles. The fourth-order valence-electron chi connectivity index (χ4n) is 4.30. The van der Waals surface area contributed by atoms with Crippen LogP contribution in [-0.2, 0) is 0 Å². The fraction of sp³-hybridized carbons (Fsp3) is 0. The van der Waals surface area contributed by atoms with Crippen LogP contribution >= 0.6 is 22.7 Å². The van der Waals surface area contributed by atoms with Crippen LogP contribution in [0.5, 0.6) is 0 Å². The minimum atomic E-state index is -1.47. The topological polar surface area (TPSA) is 40.5 Å². The van der Waals surface area contributed by atoms with Crippen LogP contribution in [0, 0.1) is 0 Å². The third-order valence-corrected chi connectivity index (χ3v) is 7.88. The highest BCUT2D eigenvalue weighted by atomic mass is 32.1. The van der Waals surface area contributed by atoms with Crippen LogP contribution in [-0.4, -0.2) is 17.2 Å². The summed E-state index contributed by atoms with van der Waals surface area (Å²) in [5, 5.41) is 24.5. The van der Waals surface area contributed by atoms with E-state index in [2.05, 4.69) is 66.7 Å². The summed E-state index contributed by atoms with van der Waals surface area (Å²) in [6.45, 7) is 0. The maximum atomic E-state index is 9.83. The van der Waals surface area contributed by atoms with Crippen molar-refractivity contribution in [2.45, 2.75) is 0 Å². The van der Waals surface area contributed by atoms with Gasteiger partial charge in [-0.1, -0.05) is 60.7 Å². The number of rotatable bonds is 2. The SMILES string of the molecule is OB(O)c1cccc2c1sc1cccc(-c3cccc4sc5ccccc5c34)c12. The van der Waals surface area contributed by atoms with Crippen molar-refractivity contribution in [1.82, 2.24) is 0 Å². The van der Waals surface area contributed by atoms with Crippen molar-refractivity contribution in [1.29, 1.82) is 0 Å². The Kier molecular flexibility index (Phi) is 3.80. The molecule has 6 aromatic rings. The molecule has 0 spiro atoms. The van der Waals surface area contributed by atoms with Gasteiger partial charge >= 0.3 is 7.12 Å². The average molecular weight is 410 g/mol. The highest BCUT2D eigenvalue weighted by Gasteiger charge is 2.20. The van der Waals surface area contributed by atoms with Gasteiger partial charge in [-0.3, -0.25) is 0 Å². The van der Waals surface area contributed by atoms with Crippen molar-refractivity contribution in [3.63, 3.8) is 0 Å². The van der Waals surface area contributed by atoms with E-state index in [0.717, 1.165) is 14.8 Å². The molecule has 2 nitrogen and oxygen atoms in total. The van der Waals surface area contributed by atoms with E-state index in [4.69, 9.17) is 0 Å². The smallest absolute Gasteiger partial charge is 0.423 e. The third-order valence-electron chi connectivity index (χ3n) is 5.52. The lowest BCUT2D eigenvalue weighted by Crippen LogP contribution is -2.29.